The number of esters is 1. The number of thioether (sulfide) groups is 1. The number of hydrogen-bond acceptors (Lipinski definition) is 4. The molecule has 0 saturated carbocycles. The quantitative estimate of drug-likeness (QED) is 0.825. The fourth-order valence-corrected chi connectivity index (χ4v) is 2.93. The molecular weight excluding hydrogens is 246 g/mol. The van der Waals surface area contributed by atoms with Crippen LogP contribution in [0.3, 0.4) is 0 Å². The van der Waals surface area contributed by atoms with Gasteiger partial charge in [0, 0.05) is 10.8 Å². The Morgan fingerprint density at radius 3 is 2.81 bits per heavy atom. The van der Waals surface area contributed by atoms with E-state index in [2.05, 4.69) is 5.32 Å². The average Bonchev–Trinajstić information content (AvgIpc) is 2.78. The van der Waals surface area contributed by atoms with Crippen LogP contribution >= 0.6 is 23.4 Å². The molecule has 2 rings (SSSR count). The summed E-state index contributed by atoms with van der Waals surface area (Å²) in [5.74, 6) is 0.531. The fourth-order valence-electron chi connectivity index (χ4n) is 1.58. The van der Waals surface area contributed by atoms with Gasteiger partial charge in [0.25, 0.3) is 0 Å². The van der Waals surface area contributed by atoms with Crippen molar-refractivity contribution >= 4 is 29.3 Å². The minimum absolute atomic E-state index is 0.140. The number of benzene rings is 1. The molecule has 1 aliphatic heterocycles. The van der Waals surface area contributed by atoms with Crippen LogP contribution in [0.5, 0.6) is 0 Å². The molecule has 16 heavy (non-hydrogen) atoms. The summed E-state index contributed by atoms with van der Waals surface area (Å²) in [6.07, 6.45) is 0. The van der Waals surface area contributed by atoms with Gasteiger partial charge in [-0.2, -0.15) is 0 Å². The third-order valence-electron chi connectivity index (χ3n) is 2.44. The van der Waals surface area contributed by atoms with Gasteiger partial charge in [-0.05, 0) is 17.7 Å². The van der Waals surface area contributed by atoms with Gasteiger partial charge in [-0.3, -0.25) is 10.1 Å². The smallest absolute Gasteiger partial charge is 0.323 e. The van der Waals surface area contributed by atoms with E-state index in [1.165, 1.54) is 7.11 Å². The van der Waals surface area contributed by atoms with E-state index >= 15 is 0 Å². The molecule has 3 nitrogen and oxygen atoms in total. The summed E-state index contributed by atoms with van der Waals surface area (Å²) in [6, 6.07) is 7.42. The van der Waals surface area contributed by atoms with Crippen molar-refractivity contribution in [3.8, 4) is 0 Å². The highest BCUT2D eigenvalue weighted by molar-refractivity contribution is 7.99. The number of nitrogens with one attached hydrogen (secondary N) is 1. The summed E-state index contributed by atoms with van der Waals surface area (Å²) in [7, 11) is 1.41. The third kappa shape index (κ3) is 2.51. The highest BCUT2D eigenvalue weighted by Gasteiger charge is 2.30. The van der Waals surface area contributed by atoms with Gasteiger partial charge in [-0.15, -0.1) is 11.8 Å². The van der Waals surface area contributed by atoms with Crippen molar-refractivity contribution in [3.63, 3.8) is 0 Å². The van der Waals surface area contributed by atoms with Gasteiger partial charge in [0.2, 0.25) is 0 Å². The first-order valence-corrected chi connectivity index (χ1v) is 6.34. The summed E-state index contributed by atoms with van der Waals surface area (Å²) >= 11 is 7.52. The zero-order chi connectivity index (χ0) is 11.5. The van der Waals surface area contributed by atoms with Crippen LogP contribution in [0.25, 0.3) is 0 Å². The molecular formula is C11H12ClNO2S. The van der Waals surface area contributed by atoms with E-state index in [-0.39, 0.29) is 17.4 Å². The molecule has 0 amide bonds. The van der Waals surface area contributed by atoms with Crippen LogP contribution in [-0.2, 0) is 9.53 Å². The summed E-state index contributed by atoms with van der Waals surface area (Å²) in [5.41, 5.74) is 1.13. The van der Waals surface area contributed by atoms with Crippen LogP contribution in [0, 0.1) is 0 Å². The summed E-state index contributed by atoms with van der Waals surface area (Å²) in [5, 5.41) is 4.08. The lowest BCUT2D eigenvalue weighted by Crippen LogP contribution is -2.34. The predicted molar refractivity (Wildman–Crippen MR) is 65.6 cm³/mol. The Bertz CT molecular complexity index is 382. The van der Waals surface area contributed by atoms with E-state index in [9.17, 15) is 4.79 Å². The maximum Gasteiger partial charge on any atom is 0.323 e. The van der Waals surface area contributed by atoms with Crippen LogP contribution in [0.4, 0.5) is 0 Å². The molecule has 0 spiro atoms. The average molecular weight is 258 g/mol. The lowest BCUT2D eigenvalue weighted by atomic mass is 10.2. The number of ether oxygens (including phenoxy) is 1. The maximum absolute atomic E-state index is 11.3. The Labute approximate surface area is 104 Å². The number of carbonyl (C=O) groups is 1. The van der Waals surface area contributed by atoms with E-state index in [4.69, 9.17) is 16.3 Å². The normalized spacial score (nSPS) is 24.4. The summed E-state index contributed by atoms with van der Waals surface area (Å²) in [6.45, 7) is 0. The number of methoxy groups -OCH3 is 1. The number of carbonyl (C=O) groups excluding carboxylic acids is 1. The molecule has 1 aliphatic rings. The first-order chi connectivity index (χ1) is 7.70. The second-order valence-electron chi connectivity index (χ2n) is 3.51. The van der Waals surface area contributed by atoms with Crippen molar-refractivity contribution in [1.82, 2.24) is 5.32 Å². The fraction of sp³-hybridized carbons (Fsp3) is 0.364. The molecule has 1 heterocycles. The molecule has 1 aromatic carbocycles. The minimum atomic E-state index is -0.212. The van der Waals surface area contributed by atoms with E-state index < -0.39 is 0 Å². The predicted octanol–water partition coefficient (Wildman–Crippen LogP) is 2.22. The third-order valence-corrected chi connectivity index (χ3v) is 3.96. The minimum Gasteiger partial charge on any atom is -0.468 e. The maximum atomic E-state index is 11.3. The molecule has 0 radical (unpaired) electrons. The van der Waals surface area contributed by atoms with Gasteiger partial charge < -0.3 is 4.74 Å². The van der Waals surface area contributed by atoms with Gasteiger partial charge in [0.15, 0.2) is 0 Å². The molecule has 1 N–H and O–H groups in total. The zero-order valence-electron chi connectivity index (χ0n) is 8.77. The molecule has 0 aromatic heterocycles. The summed E-state index contributed by atoms with van der Waals surface area (Å²) in [4.78, 5) is 11.3. The number of rotatable bonds is 2. The van der Waals surface area contributed by atoms with Gasteiger partial charge in [-0.25, -0.2) is 0 Å². The number of halogens is 1. The molecule has 5 heteroatoms. The van der Waals surface area contributed by atoms with Crippen molar-refractivity contribution in [2.75, 3.05) is 12.9 Å². The molecule has 2 atom stereocenters. The monoisotopic (exact) mass is 257 g/mol. The Balaban J connectivity index is 2.03. The van der Waals surface area contributed by atoms with Gasteiger partial charge in [0.1, 0.15) is 6.04 Å². The molecule has 1 aromatic rings. The molecule has 0 bridgehead atoms. The number of hydrogen-bond donors (Lipinski definition) is 1. The first kappa shape index (κ1) is 11.8. The highest BCUT2D eigenvalue weighted by Crippen LogP contribution is 2.33. The zero-order valence-corrected chi connectivity index (χ0v) is 10.3. The topological polar surface area (TPSA) is 38.3 Å². The molecule has 2 unspecified atom stereocenters. The molecule has 1 fully saturated rings. The van der Waals surface area contributed by atoms with Crippen LogP contribution in [0.2, 0.25) is 5.02 Å². The second-order valence-corrected chi connectivity index (χ2v) is 5.08. The molecule has 1 saturated heterocycles. The molecule has 86 valence electrons. The van der Waals surface area contributed by atoms with Crippen LogP contribution in [0.15, 0.2) is 24.3 Å². The van der Waals surface area contributed by atoms with Crippen molar-refractivity contribution in [2.45, 2.75) is 11.4 Å². The largest absolute Gasteiger partial charge is 0.468 e. The van der Waals surface area contributed by atoms with E-state index in [1.807, 2.05) is 24.3 Å². The highest BCUT2D eigenvalue weighted by atomic mass is 35.5. The second kappa shape index (κ2) is 5.08. The Kier molecular flexibility index (Phi) is 3.74. The Hall–Kier alpha value is -0.710. The van der Waals surface area contributed by atoms with E-state index in [1.54, 1.807) is 11.8 Å². The van der Waals surface area contributed by atoms with Crippen LogP contribution < -0.4 is 5.32 Å². The molecule has 0 aliphatic carbocycles. The van der Waals surface area contributed by atoms with Crippen molar-refractivity contribution in [2.24, 2.45) is 0 Å². The van der Waals surface area contributed by atoms with E-state index in [0.29, 0.717) is 0 Å². The standard InChI is InChI=1S/C11H12ClNO2S/c1-15-11(14)9-6-16-10(13-9)7-2-4-8(12)5-3-7/h2-5,9-10,13H,6H2,1H3. The van der Waals surface area contributed by atoms with Crippen LogP contribution in [-0.4, -0.2) is 24.9 Å². The van der Waals surface area contributed by atoms with Crippen molar-refractivity contribution in [3.05, 3.63) is 34.9 Å². The lowest BCUT2D eigenvalue weighted by molar-refractivity contribution is -0.142. The van der Waals surface area contributed by atoms with Gasteiger partial charge in [0.05, 0.1) is 12.5 Å². The van der Waals surface area contributed by atoms with Gasteiger partial charge >= 0.3 is 5.97 Å². The lowest BCUT2D eigenvalue weighted by Gasteiger charge is -2.12. The van der Waals surface area contributed by atoms with E-state index in [0.717, 1.165) is 16.3 Å². The van der Waals surface area contributed by atoms with Crippen molar-refractivity contribution in [1.29, 1.82) is 0 Å². The summed E-state index contributed by atoms with van der Waals surface area (Å²) < 4.78 is 4.70. The van der Waals surface area contributed by atoms with Crippen molar-refractivity contribution < 1.29 is 9.53 Å². The SMILES string of the molecule is COC(=O)C1CSC(c2ccc(Cl)cc2)N1. The Morgan fingerprint density at radius 2 is 2.19 bits per heavy atom. The van der Waals surface area contributed by atoms with Gasteiger partial charge in [-0.1, -0.05) is 23.7 Å². The Morgan fingerprint density at radius 1 is 1.50 bits per heavy atom. The van der Waals surface area contributed by atoms with Crippen LogP contribution in [0.1, 0.15) is 10.9 Å². The first-order valence-electron chi connectivity index (χ1n) is 4.91.